The fraction of sp³-hybridized carbons (Fsp3) is 0.462. The van der Waals surface area contributed by atoms with Crippen LogP contribution >= 0.6 is 15.9 Å². The molecule has 1 amide bonds. The smallest absolute Gasteiger partial charge is 0.254 e. The molecule has 1 aromatic carbocycles. The maximum atomic E-state index is 12.4. The van der Waals surface area contributed by atoms with Gasteiger partial charge in [0.05, 0.1) is 30.3 Å². The minimum Gasteiger partial charge on any atom is -0.496 e. The first kappa shape index (κ1) is 12.0. The van der Waals surface area contributed by atoms with Crippen LogP contribution in [0.5, 0.6) is 5.75 Å². The van der Waals surface area contributed by atoms with Crippen LogP contribution in [-0.4, -0.2) is 43.2 Å². The number of morpholine rings is 1. The SMILES string of the molecule is COc1cc(C(=O)N2CC3CC2CO3)ccc1Br. The highest BCUT2D eigenvalue weighted by atomic mass is 79.9. The van der Waals surface area contributed by atoms with Gasteiger partial charge in [-0.2, -0.15) is 0 Å². The Labute approximate surface area is 114 Å². The predicted molar refractivity (Wildman–Crippen MR) is 69.9 cm³/mol. The van der Waals surface area contributed by atoms with Crippen molar-refractivity contribution in [2.24, 2.45) is 0 Å². The number of rotatable bonds is 2. The monoisotopic (exact) mass is 311 g/mol. The predicted octanol–water partition coefficient (Wildman–Crippen LogP) is 2.07. The third-order valence-corrected chi connectivity index (χ3v) is 4.21. The van der Waals surface area contributed by atoms with Gasteiger partial charge in [-0.15, -0.1) is 0 Å². The lowest BCUT2D eigenvalue weighted by Gasteiger charge is -2.27. The highest BCUT2D eigenvalue weighted by Gasteiger charge is 2.41. The second kappa shape index (κ2) is 4.55. The summed E-state index contributed by atoms with van der Waals surface area (Å²) in [5.41, 5.74) is 0.669. The van der Waals surface area contributed by atoms with Gasteiger partial charge in [0.2, 0.25) is 0 Å². The van der Waals surface area contributed by atoms with Gasteiger partial charge in [-0.1, -0.05) is 0 Å². The molecule has 0 N–H and O–H groups in total. The molecule has 2 heterocycles. The van der Waals surface area contributed by atoms with Crippen LogP contribution in [0.2, 0.25) is 0 Å². The van der Waals surface area contributed by atoms with Crippen molar-refractivity contribution in [2.45, 2.75) is 18.6 Å². The van der Waals surface area contributed by atoms with Gasteiger partial charge in [0, 0.05) is 12.1 Å². The molecule has 96 valence electrons. The van der Waals surface area contributed by atoms with Crippen LogP contribution in [0.25, 0.3) is 0 Å². The first-order valence-corrected chi connectivity index (χ1v) is 6.74. The highest BCUT2D eigenvalue weighted by molar-refractivity contribution is 9.10. The van der Waals surface area contributed by atoms with Gasteiger partial charge >= 0.3 is 0 Å². The average molecular weight is 312 g/mol. The zero-order valence-electron chi connectivity index (χ0n) is 10.1. The first-order chi connectivity index (χ1) is 8.69. The number of benzene rings is 1. The maximum Gasteiger partial charge on any atom is 0.254 e. The molecule has 2 bridgehead atoms. The van der Waals surface area contributed by atoms with Crippen LogP contribution in [0.1, 0.15) is 16.8 Å². The molecule has 0 spiro atoms. The van der Waals surface area contributed by atoms with Gasteiger partial charge in [0.25, 0.3) is 5.91 Å². The largest absolute Gasteiger partial charge is 0.496 e. The van der Waals surface area contributed by atoms with E-state index in [9.17, 15) is 4.79 Å². The van der Waals surface area contributed by atoms with Crippen molar-refractivity contribution in [3.8, 4) is 5.75 Å². The Morgan fingerprint density at radius 1 is 1.56 bits per heavy atom. The van der Waals surface area contributed by atoms with E-state index in [0.717, 1.165) is 10.9 Å². The summed E-state index contributed by atoms with van der Waals surface area (Å²) in [4.78, 5) is 14.3. The zero-order chi connectivity index (χ0) is 12.7. The van der Waals surface area contributed by atoms with Gasteiger partial charge in [0.15, 0.2) is 0 Å². The summed E-state index contributed by atoms with van der Waals surface area (Å²) in [5, 5.41) is 0. The number of hydrogen-bond acceptors (Lipinski definition) is 3. The van der Waals surface area contributed by atoms with Crippen molar-refractivity contribution in [3.63, 3.8) is 0 Å². The molecule has 4 nitrogen and oxygen atoms in total. The van der Waals surface area contributed by atoms with Crippen LogP contribution in [-0.2, 0) is 4.74 Å². The molecule has 0 aromatic heterocycles. The quantitative estimate of drug-likeness (QED) is 0.839. The number of carbonyl (C=O) groups is 1. The molecule has 1 aromatic rings. The third kappa shape index (κ3) is 1.91. The molecular formula is C13H14BrNO3. The summed E-state index contributed by atoms with van der Waals surface area (Å²) in [6, 6.07) is 5.69. The summed E-state index contributed by atoms with van der Waals surface area (Å²) >= 11 is 3.39. The molecule has 5 heteroatoms. The molecule has 2 unspecified atom stereocenters. The van der Waals surface area contributed by atoms with E-state index in [1.54, 1.807) is 13.2 Å². The Bertz CT molecular complexity index is 491. The third-order valence-electron chi connectivity index (χ3n) is 3.56. The van der Waals surface area contributed by atoms with Gasteiger partial charge in [-0.25, -0.2) is 0 Å². The van der Waals surface area contributed by atoms with E-state index < -0.39 is 0 Å². The number of hydrogen-bond donors (Lipinski definition) is 0. The van der Waals surface area contributed by atoms with Crippen molar-refractivity contribution in [3.05, 3.63) is 28.2 Å². The normalized spacial score (nSPS) is 25.6. The van der Waals surface area contributed by atoms with E-state index in [1.165, 1.54) is 0 Å². The zero-order valence-corrected chi connectivity index (χ0v) is 11.6. The first-order valence-electron chi connectivity index (χ1n) is 5.95. The Hall–Kier alpha value is -1.07. The molecular weight excluding hydrogens is 298 g/mol. The summed E-state index contributed by atoms with van der Waals surface area (Å²) in [7, 11) is 1.60. The molecule has 3 rings (SSSR count). The Kier molecular flexibility index (Phi) is 3.03. The van der Waals surface area contributed by atoms with Crippen LogP contribution in [0.15, 0.2) is 22.7 Å². The molecule has 2 fully saturated rings. The van der Waals surface area contributed by atoms with Crippen LogP contribution in [0.4, 0.5) is 0 Å². The molecule has 0 saturated carbocycles. The van der Waals surface area contributed by atoms with Crippen LogP contribution in [0, 0.1) is 0 Å². The number of fused-ring (bicyclic) bond motifs is 2. The highest BCUT2D eigenvalue weighted by Crippen LogP contribution is 2.31. The average Bonchev–Trinajstić information content (AvgIpc) is 3.00. The Morgan fingerprint density at radius 2 is 2.39 bits per heavy atom. The van der Waals surface area contributed by atoms with Gasteiger partial charge < -0.3 is 14.4 Å². The number of amides is 1. The molecule has 2 aliphatic heterocycles. The van der Waals surface area contributed by atoms with Crippen molar-refractivity contribution >= 4 is 21.8 Å². The number of halogens is 1. The minimum absolute atomic E-state index is 0.0663. The summed E-state index contributed by atoms with van der Waals surface area (Å²) in [6.45, 7) is 1.38. The van der Waals surface area contributed by atoms with Crippen molar-refractivity contribution < 1.29 is 14.3 Å². The van der Waals surface area contributed by atoms with E-state index in [-0.39, 0.29) is 18.1 Å². The number of carbonyl (C=O) groups excluding carboxylic acids is 1. The van der Waals surface area contributed by atoms with Crippen molar-refractivity contribution in [2.75, 3.05) is 20.3 Å². The van der Waals surface area contributed by atoms with Gasteiger partial charge in [-0.05, 0) is 40.5 Å². The molecule has 18 heavy (non-hydrogen) atoms. The lowest BCUT2D eigenvalue weighted by Crippen LogP contribution is -2.41. The Balaban J connectivity index is 1.84. The molecule has 2 aliphatic rings. The molecule has 2 saturated heterocycles. The number of likely N-dealkylation sites (tertiary alicyclic amines) is 1. The molecule has 0 aliphatic carbocycles. The van der Waals surface area contributed by atoms with E-state index in [1.807, 2.05) is 17.0 Å². The maximum absolute atomic E-state index is 12.4. The molecule has 2 atom stereocenters. The topological polar surface area (TPSA) is 38.8 Å². The van der Waals surface area contributed by atoms with E-state index >= 15 is 0 Å². The van der Waals surface area contributed by atoms with Gasteiger partial charge in [0.1, 0.15) is 5.75 Å². The van der Waals surface area contributed by atoms with E-state index in [2.05, 4.69) is 15.9 Å². The second-order valence-electron chi connectivity index (χ2n) is 4.65. The Morgan fingerprint density at radius 3 is 3.00 bits per heavy atom. The summed E-state index contributed by atoms with van der Waals surface area (Å²) in [5.74, 6) is 0.748. The van der Waals surface area contributed by atoms with E-state index in [0.29, 0.717) is 24.5 Å². The minimum atomic E-state index is 0.0663. The standard InChI is InChI=1S/C13H14BrNO3/c1-17-12-4-8(2-3-11(12)14)13(16)15-6-10-5-9(15)7-18-10/h2-4,9-10H,5-7H2,1H3. The van der Waals surface area contributed by atoms with Crippen molar-refractivity contribution in [1.29, 1.82) is 0 Å². The van der Waals surface area contributed by atoms with Crippen molar-refractivity contribution in [1.82, 2.24) is 4.90 Å². The van der Waals surface area contributed by atoms with Crippen LogP contribution in [0.3, 0.4) is 0 Å². The fourth-order valence-corrected chi connectivity index (χ4v) is 3.02. The number of ether oxygens (including phenoxy) is 2. The number of nitrogens with zero attached hydrogens (tertiary/aromatic N) is 1. The van der Waals surface area contributed by atoms with E-state index in [4.69, 9.17) is 9.47 Å². The molecule has 0 radical (unpaired) electrons. The summed E-state index contributed by atoms with van der Waals surface area (Å²) in [6.07, 6.45) is 1.20. The summed E-state index contributed by atoms with van der Waals surface area (Å²) < 4.78 is 11.6. The second-order valence-corrected chi connectivity index (χ2v) is 5.51. The van der Waals surface area contributed by atoms with Gasteiger partial charge in [-0.3, -0.25) is 4.79 Å². The lowest BCUT2D eigenvalue weighted by molar-refractivity contribution is 0.0259. The lowest BCUT2D eigenvalue weighted by atomic mass is 10.1. The fourth-order valence-electron chi connectivity index (χ4n) is 2.61. The van der Waals surface area contributed by atoms with Crippen LogP contribution < -0.4 is 4.74 Å². The number of methoxy groups -OCH3 is 1.